The van der Waals surface area contributed by atoms with Gasteiger partial charge in [-0.05, 0) is 25.1 Å². The number of amides is 1. The van der Waals surface area contributed by atoms with E-state index in [2.05, 4.69) is 20.6 Å². The minimum Gasteiger partial charge on any atom is -0.483 e. The Morgan fingerprint density at radius 3 is 2.71 bits per heavy atom. The van der Waals surface area contributed by atoms with Crippen LogP contribution in [-0.4, -0.2) is 65.4 Å². The van der Waals surface area contributed by atoms with Crippen LogP contribution in [0.4, 0.5) is 34.8 Å². The standard InChI is InChI=1S/C21H21ClF4N6O3/c1-3-32(11-34)17(9-33)30-31(2)12-7-15-18(16(8-12)35-10-21(24,25)26)20(29-28-15)27-19-13(22)5-4-6-14(19)23/h4-8,11,33H,3,9-10H2,1-2H3,(H2,27,28,29)/b30-17-. The van der Waals surface area contributed by atoms with Gasteiger partial charge in [0.15, 0.2) is 18.3 Å². The molecule has 0 aliphatic rings. The highest BCUT2D eigenvalue weighted by atomic mass is 35.5. The lowest BCUT2D eigenvalue weighted by molar-refractivity contribution is -0.153. The van der Waals surface area contributed by atoms with Crippen LogP contribution in [0.2, 0.25) is 5.02 Å². The van der Waals surface area contributed by atoms with Gasteiger partial charge in [0.25, 0.3) is 0 Å². The van der Waals surface area contributed by atoms with Crippen molar-refractivity contribution < 1.29 is 32.2 Å². The Hall–Kier alpha value is -3.58. The first-order chi connectivity index (χ1) is 16.6. The van der Waals surface area contributed by atoms with Gasteiger partial charge in [-0.15, -0.1) is 0 Å². The van der Waals surface area contributed by atoms with Gasteiger partial charge in [0.1, 0.15) is 18.2 Å². The number of aliphatic hydroxyl groups excluding tert-OH is 1. The molecule has 1 aromatic heterocycles. The maximum atomic E-state index is 14.3. The van der Waals surface area contributed by atoms with Crippen LogP contribution in [0, 0.1) is 5.82 Å². The average Bonchev–Trinajstić information content (AvgIpc) is 3.22. The van der Waals surface area contributed by atoms with Crippen molar-refractivity contribution in [2.45, 2.75) is 13.1 Å². The molecule has 0 unspecified atom stereocenters. The highest BCUT2D eigenvalue weighted by Crippen LogP contribution is 2.38. The van der Waals surface area contributed by atoms with Crippen molar-refractivity contribution in [1.29, 1.82) is 0 Å². The number of hydrogen-bond acceptors (Lipinski definition) is 7. The molecule has 0 radical (unpaired) electrons. The zero-order valence-electron chi connectivity index (χ0n) is 18.5. The molecule has 0 aliphatic carbocycles. The van der Waals surface area contributed by atoms with Crippen molar-refractivity contribution in [1.82, 2.24) is 15.1 Å². The number of aromatic amines is 1. The summed E-state index contributed by atoms with van der Waals surface area (Å²) < 4.78 is 58.1. The fourth-order valence-electron chi connectivity index (χ4n) is 3.12. The smallest absolute Gasteiger partial charge is 0.422 e. The van der Waals surface area contributed by atoms with E-state index >= 15 is 0 Å². The number of rotatable bonds is 9. The third kappa shape index (κ3) is 6.11. The van der Waals surface area contributed by atoms with E-state index in [1.807, 2.05) is 0 Å². The molecule has 188 valence electrons. The Labute approximate surface area is 201 Å². The van der Waals surface area contributed by atoms with Gasteiger partial charge in [0, 0.05) is 19.7 Å². The Balaban J connectivity index is 2.09. The number of hydrogen-bond donors (Lipinski definition) is 3. The molecule has 0 atom stereocenters. The number of halogens is 5. The van der Waals surface area contributed by atoms with E-state index < -0.39 is 25.2 Å². The molecule has 3 aromatic rings. The molecule has 0 aliphatic heterocycles. The van der Waals surface area contributed by atoms with Gasteiger partial charge in [-0.2, -0.15) is 23.4 Å². The fraction of sp³-hybridized carbons (Fsp3) is 0.286. The minimum absolute atomic E-state index is 0.0176. The van der Waals surface area contributed by atoms with E-state index in [0.717, 1.165) is 11.0 Å². The van der Waals surface area contributed by atoms with Crippen molar-refractivity contribution in [3.63, 3.8) is 0 Å². The third-order valence-electron chi connectivity index (χ3n) is 4.79. The second-order valence-electron chi connectivity index (χ2n) is 7.15. The number of H-pyrrole nitrogens is 1. The van der Waals surface area contributed by atoms with Gasteiger partial charge in [-0.25, -0.2) is 4.39 Å². The Morgan fingerprint density at radius 1 is 1.37 bits per heavy atom. The maximum absolute atomic E-state index is 14.3. The lowest BCUT2D eigenvalue weighted by Crippen LogP contribution is -2.34. The summed E-state index contributed by atoms with van der Waals surface area (Å²) in [7, 11) is 1.47. The third-order valence-corrected chi connectivity index (χ3v) is 5.10. The van der Waals surface area contributed by atoms with Gasteiger partial charge in [-0.3, -0.25) is 19.8 Å². The quantitative estimate of drug-likeness (QED) is 0.129. The van der Waals surface area contributed by atoms with E-state index in [4.69, 9.17) is 16.3 Å². The highest BCUT2D eigenvalue weighted by Gasteiger charge is 2.29. The van der Waals surface area contributed by atoms with E-state index in [9.17, 15) is 27.5 Å². The first-order valence-electron chi connectivity index (χ1n) is 10.1. The number of carbonyl (C=O) groups excluding carboxylic acids is 1. The van der Waals surface area contributed by atoms with E-state index in [-0.39, 0.29) is 51.2 Å². The number of hydrazone groups is 1. The summed E-state index contributed by atoms with van der Waals surface area (Å²) in [5.41, 5.74) is 0.378. The maximum Gasteiger partial charge on any atom is 0.422 e. The Bertz CT molecular complexity index is 1210. The first-order valence-corrected chi connectivity index (χ1v) is 10.5. The number of likely N-dealkylation sites (N-methyl/N-ethyl adjacent to an activating group) is 1. The van der Waals surface area contributed by atoms with Crippen LogP contribution < -0.4 is 15.1 Å². The molecular weight excluding hydrogens is 496 g/mol. The number of para-hydroxylation sites is 1. The molecule has 14 heteroatoms. The molecule has 1 amide bonds. The number of carbonyl (C=O) groups is 1. The van der Waals surface area contributed by atoms with Gasteiger partial charge < -0.3 is 15.2 Å². The topological polar surface area (TPSA) is 106 Å². The number of ether oxygens (including phenoxy) is 1. The van der Waals surface area contributed by atoms with E-state index in [1.165, 1.54) is 36.3 Å². The second kappa shape index (κ2) is 10.8. The molecule has 3 N–H and O–H groups in total. The lowest BCUT2D eigenvalue weighted by atomic mass is 10.2. The van der Waals surface area contributed by atoms with Crippen LogP contribution >= 0.6 is 11.6 Å². The van der Waals surface area contributed by atoms with Crippen molar-refractivity contribution in [3.8, 4) is 5.75 Å². The lowest BCUT2D eigenvalue weighted by Gasteiger charge is -2.21. The predicted molar refractivity (Wildman–Crippen MR) is 124 cm³/mol. The zero-order chi connectivity index (χ0) is 25.8. The number of alkyl halides is 3. The average molecular weight is 517 g/mol. The number of amidine groups is 1. The first kappa shape index (κ1) is 26.0. The monoisotopic (exact) mass is 516 g/mol. The van der Waals surface area contributed by atoms with E-state index in [1.54, 1.807) is 6.92 Å². The minimum atomic E-state index is -4.63. The SMILES string of the molecule is CCN(C=O)/C(CO)=N\N(C)c1cc(OCC(F)(F)F)c2c(Nc3c(F)cccc3Cl)n[nH]c2c1. The summed E-state index contributed by atoms with van der Waals surface area (Å²) in [4.78, 5) is 12.4. The molecule has 1 heterocycles. The number of nitrogens with one attached hydrogen (secondary N) is 2. The fourth-order valence-corrected chi connectivity index (χ4v) is 3.33. The van der Waals surface area contributed by atoms with Crippen LogP contribution in [0.5, 0.6) is 5.75 Å². The Kier molecular flexibility index (Phi) is 8.02. The molecule has 0 saturated carbocycles. The van der Waals surface area contributed by atoms with Crippen LogP contribution in [0.1, 0.15) is 6.92 Å². The number of nitrogens with zero attached hydrogens (tertiary/aromatic N) is 4. The molecule has 0 spiro atoms. The largest absolute Gasteiger partial charge is 0.483 e. The van der Waals surface area contributed by atoms with Crippen molar-refractivity contribution >= 4 is 51.9 Å². The molecule has 3 rings (SSSR count). The zero-order valence-corrected chi connectivity index (χ0v) is 19.3. The number of aliphatic hydroxyl groups is 1. The van der Waals surface area contributed by atoms with Crippen molar-refractivity contribution in [2.75, 3.05) is 37.1 Å². The molecule has 0 fully saturated rings. The van der Waals surface area contributed by atoms with Gasteiger partial charge in [0.05, 0.1) is 27.3 Å². The summed E-state index contributed by atoms with van der Waals surface area (Å²) >= 11 is 6.05. The second-order valence-corrected chi connectivity index (χ2v) is 7.56. The van der Waals surface area contributed by atoms with Crippen LogP contribution in [-0.2, 0) is 4.79 Å². The highest BCUT2D eigenvalue weighted by molar-refractivity contribution is 6.33. The van der Waals surface area contributed by atoms with Crippen LogP contribution in [0.25, 0.3) is 10.9 Å². The number of fused-ring (bicyclic) bond motifs is 1. The van der Waals surface area contributed by atoms with Gasteiger partial charge >= 0.3 is 6.18 Å². The summed E-state index contributed by atoms with van der Waals surface area (Å²) in [5, 5.41) is 24.5. The summed E-state index contributed by atoms with van der Waals surface area (Å²) in [6, 6.07) is 6.77. The predicted octanol–water partition coefficient (Wildman–Crippen LogP) is 4.26. The molecule has 35 heavy (non-hydrogen) atoms. The van der Waals surface area contributed by atoms with Gasteiger partial charge in [0.2, 0.25) is 6.41 Å². The van der Waals surface area contributed by atoms with Crippen LogP contribution in [0.15, 0.2) is 35.4 Å². The summed E-state index contributed by atoms with van der Waals surface area (Å²) in [6.07, 6.45) is -4.14. The number of benzene rings is 2. The molecular formula is C21H21ClF4N6O3. The molecule has 2 aromatic carbocycles. The Morgan fingerprint density at radius 2 is 2.11 bits per heavy atom. The molecule has 0 saturated heterocycles. The summed E-state index contributed by atoms with van der Waals surface area (Å²) in [6.45, 7) is -0.238. The summed E-state index contributed by atoms with van der Waals surface area (Å²) in [5.74, 6) is -0.918. The van der Waals surface area contributed by atoms with Gasteiger partial charge in [-0.1, -0.05) is 17.7 Å². The van der Waals surface area contributed by atoms with E-state index in [0.29, 0.717) is 6.41 Å². The number of anilines is 3. The molecule has 0 bridgehead atoms. The van der Waals surface area contributed by atoms with Crippen molar-refractivity contribution in [2.24, 2.45) is 5.10 Å². The van der Waals surface area contributed by atoms with Crippen molar-refractivity contribution in [3.05, 3.63) is 41.2 Å². The number of aromatic nitrogens is 2. The molecule has 9 nitrogen and oxygen atoms in total. The normalized spacial score (nSPS) is 12.1. The van der Waals surface area contributed by atoms with Crippen LogP contribution in [0.3, 0.4) is 0 Å².